The van der Waals surface area contributed by atoms with Crippen LogP contribution >= 0.6 is 0 Å². The van der Waals surface area contributed by atoms with E-state index >= 15 is 0 Å². The molecule has 7 rings (SSSR count). The van der Waals surface area contributed by atoms with E-state index in [2.05, 4.69) is 5.10 Å². The number of ether oxygens (including phenoxy) is 1. The highest BCUT2D eigenvalue weighted by molar-refractivity contribution is 6.32. The number of carbonyl (C=O) groups is 2. The molecule has 0 aliphatic heterocycles. The highest BCUT2D eigenvalue weighted by Crippen LogP contribution is 2.54. The molecule has 0 saturated carbocycles. The third-order valence-electron chi connectivity index (χ3n) is 8.29. The summed E-state index contributed by atoms with van der Waals surface area (Å²) in [5.41, 5.74) is -1.38. The number of hydrogen-bond donors (Lipinski definition) is 4. The molecule has 10 nitrogen and oxygen atoms in total. The van der Waals surface area contributed by atoms with Crippen LogP contribution in [0.4, 0.5) is 4.39 Å². The average molecular weight is 581 g/mol. The van der Waals surface area contributed by atoms with Gasteiger partial charge in [-0.1, -0.05) is 12.1 Å². The number of nitrogens with zero attached hydrogens (tertiary/aromatic N) is 2. The summed E-state index contributed by atoms with van der Waals surface area (Å²) in [6.07, 6.45) is 1.85. The Morgan fingerprint density at radius 2 is 1.60 bits per heavy atom. The molecule has 0 atom stereocenters. The third-order valence-corrected chi connectivity index (χ3v) is 8.29. The van der Waals surface area contributed by atoms with Crippen molar-refractivity contribution in [1.29, 1.82) is 0 Å². The molecule has 4 aromatic carbocycles. The van der Waals surface area contributed by atoms with E-state index in [-0.39, 0.29) is 62.0 Å². The number of hydrogen-bond acceptors (Lipinski definition) is 9. The van der Waals surface area contributed by atoms with Gasteiger partial charge in [-0.3, -0.25) is 14.4 Å². The summed E-state index contributed by atoms with van der Waals surface area (Å²) >= 11 is 0. The van der Waals surface area contributed by atoms with Gasteiger partial charge in [0.2, 0.25) is 5.78 Å². The van der Waals surface area contributed by atoms with Crippen molar-refractivity contribution in [1.82, 2.24) is 9.78 Å². The molecule has 0 bridgehead atoms. The summed E-state index contributed by atoms with van der Waals surface area (Å²) in [6, 6.07) is 8.20. The van der Waals surface area contributed by atoms with Crippen molar-refractivity contribution in [2.75, 3.05) is 7.11 Å². The Morgan fingerprint density at radius 3 is 2.33 bits per heavy atom. The van der Waals surface area contributed by atoms with Crippen LogP contribution in [0.2, 0.25) is 0 Å². The summed E-state index contributed by atoms with van der Waals surface area (Å²) in [6.45, 7) is 1.39. The van der Waals surface area contributed by atoms with Gasteiger partial charge in [-0.2, -0.15) is 9.78 Å². The molecule has 43 heavy (non-hydrogen) atoms. The zero-order valence-corrected chi connectivity index (χ0v) is 22.6. The topological polar surface area (TPSA) is 159 Å². The fourth-order valence-corrected chi connectivity index (χ4v) is 6.24. The minimum atomic E-state index is -0.854. The van der Waals surface area contributed by atoms with Crippen molar-refractivity contribution in [3.8, 4) is 45.6 Å². The quantitative estimate of drug-likeness (QED) is 0.235. The van der Waals surface area contributed by atoms with Gasteiger partial charge in [0, 0.05) is 33.2 Å². The monoisotopic (exact) mass is 580 g/mol. The standard InChI is InChI=1S/C32H21FN2O8/c1-12-19(36)10-16-23(26(12)37)30(41)25-24(27(16)38)29(40)22-15(31(25)43-2)8-7-13-9-14-11-34-35(18-6-4-3-5-17(18)33)32(42)21(14)28(39)20(13)22/h3-6,9-11,36-37,39-40H,7-8H2,1-2H3. The number of aromatic nitrogens is 2. The first-order valence-electron chi connectivity index (χ1n) is 13.2. The Morgan fingerprint density at radius 1 is 0.860 bits per heavy atom. The fourth-order valence-electron chi connectivity index (χ4n) is 6.24. The number of phenolic OH excluding ortho intramolecular Hbond substituents is 4. The maximum Gasteiger partial charge on any atom is 0.283 e. The van der Waals surface area contributed by atoms with Crippen molar-refractivity contribution in [3.05, 3.63) is 97.7 Å². The Hall–Kier alpha value is -5.71. The van der Waals surface area contributed by atoms with Crippen molar-refractivity contribution in [2.45, 2.75) is 19.8 Å². The van der Waals surface area contributed by atoms with Gasteiger partial charge >= 0.3 is 0 Å². The second kappa shape index (κ2) is 8.89. The zero-order valence-electron chi connectivity index (χ0n) is 22.6. The van der Waals surface area contributed by atoms with E-state index in [1.807, 2.05) is 0 Å². The van der Waals surface area contributed by atoms with E-state index in [1.165, 1.54) is 44.5 Å². The summed E-state index contributed by atoms with van der Waals surface area (Å²) in [5.74, 6) is -4.51. The van der Waals surface area contributed by atoms with Gasteiger partial charge in [-0.05, 0) is 49.6 Å². The van der Waals surface area contributed by atoms with Gasteiger partial charge in [0.05, 0.1) is 35.4 Å². The maximum absolute atomic E-state index is 14.6. The van der Waals surface area contributed by atoms with Crippen LogP contribution in [0.25, 0.3) is 27.6 Å². The minimum Gasteiger partial charge on any atom is -0.508 e. The van der Waals surface area contributed by atoms with Gasteiger partial charge in [0.25, 0.3) is 5.56 Å². The second-order valence-corrected chi connectivity index (χ2v) is 10.5. The Labute approximate surface area is 241 Å². The Balaban J connectivity index is 1.55. The van der Waals surface area contributed by atoms with Gasteiger partial charge in [-0.25, -0.2) is 4.39 Å². The van der Waals surface area contributed by atoms with E-state index in [0.29, 0.717) is 17.5 Å². The van der Waals surface area contributed by atoms with E-state index in [4.69, 9.17) is 4.74 Å². The molecule has 1 aromatic heterocycles. The average Bonchev–Trinajstić information content (AvgIpc) is 2.98. The van der Waals surface area contributed by atoms with Crippen LogP contribution in [0.15, 0.2) is 47.4 Å². The molecular weight excluding hydrogens is 559 g/mol. The van der Waals surface area contributed by atoms with E-state index in [0.717, 1.165) is 10.7 Å². The molecule has 0 saturated heterocycles. The van der Waals surface area contributed by atoms with Crippen LogP contribution in [-0.4, -0.2) is 48.9 Å². The number of phenols is 4. The summed E-state index contributed by atoms with van der Waals surface area (Å²) < 4.78 is 21.0. The Kier molecular flexibility index (Phi) is 5.42. The maximum atomic E-state index is 14.6. The highest BCUT2D eigenvalue weighted by atomic mass is 19.1. The lowest BCUT2D eigenvalue weighted by molar-refractivity contribution is 0.0971. The molecule has 2 aliphatic carbocycles. The van der Waals surface area contributed by atoms with Gasteiger partial charge in [-0.15, -0.1) is 0 Å². The lowest BCUT2D eigenvalue weighted by Gasteiger charge is -2.29. The molecule has 0 fully saturated rings. The number of rotatable bonds is 2. The van der Waals surface area contributed by atoms with Crippen molar-refractivity contribution < 1.29 is 39.1 Å². The fraction of sp³-hybridized carbons (Fsp3) is 0.125. The van der Waals surface area contributed by atoms with E-state index in [9.17, 15) is 39.2 Å². The van der Waals surface area contributed by atoms with E-state index < -0.39 is 51.5 Å². The number of fused-ring (bicyclic) bond motifs is 6. The summed E-state index contributed by atoms with van der Waals surface area (Å²) in [7, 11) is 1.29. The van der Waals surface area contributed by atoms with Crippen molar-refractivity contribution >= 4 is 22.3 Å². The molecule has 2 aliphatic rings. The van der Waals surface area contributed by atoms with Crippen LogP contribution in [0, 0.1) is 12.7 Å². The third kappa shape index (κ3) is 3.32. The Bertz CT molecular complexity index is 2200. The molecule has 5 aromatic rings. The zero-order chi connectivity index (χ0) is 30.5. The normalized spacial score (nSPS) is 13.4. The number of ketones is 2. The number of halogens is 1. The molecule has 0 radical (unpaired) electrons. The predicted molar refractivity (Wildman–Crippen MR) is 151 cm³/mol. The molecule has 4 N–H and O–H groups in total. The lowest BCUT2D eigenvalue weighted by atomic mass is 9.75. The summed E-state index contributed by atoms with van der Waals surface area (Å²) in [4.78, 5) is 41.2. The van der Waals surface area contributed by atoms with E-state index in [1.54, 1.807) is 6.07 Å². The van der Waals surface area contributed by atoms with Gasteiger partial charge in [0.1, 0.15) is 40.3 Å². The summed E-state index contributed by atoms with van der Waals surface area (Å²) in [5, 5.41) is 48.5. The van der Waals surface area contributed by atoms with Crippen LogP contribution in [0.3, 0.4) is 0 Å². The molecule has 1 heterocycles. The molecule has 214 valence electrons. The van der Waals surface area contributed by atoms with Crippen molar-refractivity contribution in [2.24, 2.45) is 0 Å². The number of aromatic hydroxyl groups is 4. The molecule has 11 heteroatoms. The molecule has 0 amide bonds. The van der Waals surface area contributed by atoms with Crippen molar-refractivity contribution in [3.63, 3.8) is 0 Å². The van der Waals surface area contributed by atoms with Gasteiger partial charge in [0.15, 0.2) is 5.78 Å². The molecule has 0 spiro atoms. The number of methoxy groups -OCH3 is 1. The first-order valence-corrected chi connectivity index (χ1v) is 13.2. The first-order chi connectivity index (χ1) is 20.6. The van der Waals surface area contributed by atoms with Crippen LogP contribution < -0.4 is 10.3 Å². The highest BCUT2D eigenvalue weighted by Gasteiger charge is 2.42. The first kappa shape index (κ1) is 26.2. The van der Waals surface area contributed by atoms with Crippen LogP contribution in [0.5, 0.6) is 28.7 Å². The SMILES string of the molecule is COc1c2c(c(O)c3c1C(=O)c1c(cc(O)c(C)c1O)C3=O)-c1c(cc3cnn(-c4ccccc4F)c(=O)c3c1O)CC2. The minimum absolute atomic E-state index is 0.00457. The largest absolute Gasteiger partial charge is 0.508 e. The number of benzene rings is 4. The molecular formula is C32H21FN2O8. The lowest BCUT2D eigenvalue weighted by Crippen LogP contribution is -2.25. The predicted octanol–water partition coefficient (Wildman–Crippen LogP) is 4.21. The smallest absolute Gasteiger partial charge is 0.283 e. The van der Waals surface area contributed by atoms with Crippen LogP contribution in [0.1, 0.15) is 48.5 Å². The molecule has 0 unspecified atom stereocenters. The van der Waals surface area contributed by atoms with Crippen LogP contribution in [-0.2, 0) is 12.8 Å². The van der Waals surface area contributed by atoms with Gasteiger partial charge < -0.3 is 25.2 Å². The number of aryl methyl sites for hydroxylation is 1. The number of para-hydroxylation sites is 1. The number of carbonyl (C=O) groups excluding carboxylic acids is 2. The second-order valence-electron chi connectivity index (χ2n) is 10.5.